The van der Waals surface area contributed by atoms with Crippen LogP contribution >= 0.6 is 22.9 Å². The zero-order chi connectivity index (χ0) is 23.8. The molecule has 2 aromatic carbocycles. The van der Waals surface area contributed by atoms with Gasteiger partial charge in [-0.3, -0.25) is 14.7 Å². The van der Waals surface area contributed by atoms with Crippen molar-refractivity contribution in [3.63, 3.8) is 0 Å². The molecular weight excluding hydrogens is 478 g/mol. The molecule has 0 atom stereocenters. The topological polar surface area (TPSA) is 80.2 Å². The number of anilines is 1. The number of hydrogen-bond donors (Lipinski definition) is 0. The average Bonchev–Trinajstić information content (AvgIpc) is 3.27. The van der Waals surface area contributed by atoms with Crippen LogP contribution in [-0.4, -0.2) is 29.5 Å². The quantitative estimate of drug-likeness (QED) is 0.341. The van der Waals surface area contributed by atoms with Crippen LogP contribution in [0.3, 0.4) is 0 Å². The lowest BCUT2D eigenvalue weighted by Gasteiger charge is -2.20. The number of carbonyl (C=O) groups excluding carboxylic acids is 1. The summed E-state index contributed by atoms with van der Waals surface area (Å²) in [5.74, 6) is -0.292. The van der Waals surface area contributed by atoms with Crippen LogP contribution in [0.15, 0.2) is 65.8 Å². The third kappa shape index (κ3) is 4.64. The number of pyridine rings is 1. The average molecular weight is 500 g/mol. The zero-order valence-electron chi connectivity index (χ0n) is 18.3. The predicted molar refractivity (Wildman–Crippen MR) is 133 cm³/mol. The number of nitrogens with zero attached hydrogens (tertiary/aromatic N) is 3. The van der Waals surface area contributed by atoms with E-state index in [0.717, 1.165) is 21.3 Å². The van der Waals surface area contributed by atoms with Gasteiger partial charge in [-0.05, 0) is 68.3 Å². The normalized spacial score (nSPS) is 11.8. The minimum absolute atomic E-state index is 0.190. The van der Waals surface area contributed by atoms with E-state index in [1.165, 1.54) is 23.5 Å². The van der Waals surface area contributed by atoms with Crippen LogP contribution < -0.4 is 4.90 Å². The van der Waals surface area contributed by atoms with Crippen molar-refractivity contribution >= 4 is 54.0 Å². The molecule has 0 saturated carbocycles. The minimum Gasteiger partial charge on any atom is -0.279 e. The molecule has 0 aliphatic heterocycles. The Kier molecular flexibility index (Phi) is 6.52. The molecule has 2 aromatic heterocycles. The second-order valence-electron chi connectivity index (χ2n) is 7.91. The summed E-state index contributed by atoms with van der Waals surface area (Å²) in [6.45, 7) is 5.47. The maximum absolute atomic E-state index is 13.6. The number of rotatable bonds is 6. The van der Waals surface area contributed by atoms with E-state index in [1.54, 1.807) is 43.3 Å². The number of aromatic nitrogens is 2. The summed E-state index contributed by atoms with van der Waals surface area (Å²) in [6.07, 6.45) is 3.37. The van der Waals surface area contributed by atoms with Crippen molar-refractivity contribution in [3.05, 3.63) is 82.6 Å². The van der Waals surface area contributed by atoms with Crippen LogP contribution in [0.4, 0.5) is 5.13 Å². The highest BCUT2D eigenvalue weighted by molar-refractivity contribution is 7.92. The molecule has 0 unspecified atom stereocenters. The molecule has 0 N–H and O–H groups in total. The Hall–Kier alpha value is -2.81. The number of benzene rings is 2. The first-order chi connectivity index (χ1) is 15.7. The maximum atomic E-state index is 13.6. The third-order valence-electron chi connectivity index (χ3n) is 5.28. The number of fused-ring (bicyclic) bond motifs is 1. The number of halogens is 1. The predicted octanol–water partition coefficient (Wildman–Crippen LogP) is 5.68. The molecule has 0 aliphatic carbocycles. The van der Waals surface area contributed by atoms with Gasteiger partial charge in [-0.25, -0.2) is 13.4 Å². The number of sulfone groups is 1. The summed E-state index contributed by atoms with van der Waals surface area (Å²) in [5.41, 5.74) is 2.93. The molecule has 9 heteroatoms. The van der Waals surface area contributed by atoms with E-state index < -0.39 is 15.1 Å². The molecule has 1 amide bonds. The van der Waals surface area contributed by atoms with Gasteiger partial charge >= 0.3 is 0 Å². The third-order valence-corrected chi connectivity index (χ3v) is 8.99. The molecule has 33 heavy (non-hydrogen) atoms. The summed E-state index contributed by atoms with van der Waals surface area (Å²) in [7, 11) is -3.43. The monoisotopic (exact) mass is 499 g/mol. The zero-order valence-corrected chi connectivity index (χ0v) is 20.7. The van der Waals surface area contributed by atoms with Crippen LogP contribution in [0.2, 0.25) is 5.02 Å². The first-order valence-corrected chi connectivity index (χ1v) is 13.0. The van der Waals surface area contributed by atoms with Gasteiger partial charge in [-0.1, -0.05) is 35.1 Å². The second kappa shape index (κ2) is 9.21. The van der Waals surface area contributed by atoms with Crippen molar-refractivity contribution in [1.29, 1.82) is 0 Å². The van der Waals surface area contributed by atoms with Gasteiger partial charge in [-0.15, -0.1) is 0 Å². The Bertz CT molecular complexity index is 1380. The molecule has 0 radical (unpaired) electrons. The van der Waals surface area contributed by atoms with Crippen molar-refractivity contribution in [2.45, 2.75) is 37.5 Å². The summed E-state index contributed by atoms with van der Waals surface area (Å²) in [5, 5.41) is 0.544. The summed E-state index contributed by atoms with van der Waals surface area (Å²) < 4.78 is 25.7. The second-order valence-corrected chi connectivity index (χ2v) is 11.8. The molecule has 0 spiro atoms. The Morgan fingerprint density at radius 2 is 1.85 bits per heavy atom. The lowest BCUT2D eigenvalue weighted by atomic mass is 10.2. The molecule has 0 saturated heterocycles. The smallest absolute Gasteiger partial charge is 0.260 e. The van der Waals surface area contributed by atoms with E-state index >= 15 is 0 Å². The minimum atomic E-state index is -3.43. The van der Waals surface area contributed by atoms with Gasteiger partial charge in [0.15, 0.2) is 15.0 Å². The standard InChI is InChI=1S/C24H22ClN3O3S2/c1-15(2)33(30,31)19-9-7-18(8-10-19)23(29)28(14-17-5-4-12-26-13-17)24-27-21-16(3)6-11-20(25)22(21)32-24/h4-13,15H,14H2,1-3H3. The number of thiazole rings is 1. The van der Waals surface area contributed by atoms with Crippen molar-refractivity contribution in [1.82, 2.24) is 9.97 Å². The number of hydrogen-bond acceptors (Lipinski definition) is 6. The van der Waals surface area contributed by atoms with Crippen LogP contribution in [0, 0.1) is 6.92 Å². The van der Waals surface area contributed by atoms with Crippen LogP contribution in [-0.2, 0) is 16.4 Å². The van der Waals surface area contributed by atoms with E-state index in [4.69, 9.17) is 16.6 Å². The highest BCUT2D eigenvalue weighted by Crippen LogP contribution is 2.36. The Balaban J connectivity index is 1.76. The molecule has 0 bridgehead atoms. The first-order valence-electron chi connectivity index (χ1n) is 10.3. The molecule has 4 rings (SSSR count). The molecule has 0 fully saturated rings. The van der Waals surface area contributed by atoms with E-state index in [9.17, 15) is 13.2 Å². The number of aryl methyl sites for hydroxylation is 1. The van der Waals surface area contributed by atoms with Crippen molar-refractivity contribution in [2.75, 3.05) is 4.90 Å². The van der Waals surface area contributed by atoms with Crippen molar-refractivity contribution in [3.8, 4) is 0 Å². The van der Waals surface area contributed by atoms with E-state index in [0.29, 0.717) is 15.7 Å². The van der Waals surface area contributed by atoms with Crippen LogP contribution in [0.1, 0.15) is 35.3 Å². The number of carbonyl (C=O) groups is 1. The Labute approximate surface area is 201 Å². The number of amides is 1. The van der Waals surface area contributed by atoms with E-state index in [-0.39, 0.29) is 17.3 Å². The Morgan fingerprint density at radius 3 is 2.45 bits per heavy atom. The van der Waals surface area contributed by atoms with Gasteiger partial charge in [-0.2, -0.15) is 0 Å². The summed E-state index contributed by atoms with van der Waals surface area (Å²) in [4.78, 5) is 24.2. The highest BCUT2D eigenvalue weighted by Gasteiger charge is 2.24. The summed E-state index contributed by atoms with van der Waals surface area (Å²) in [6, 6.07) is 13.4. The van der Waals surface area contributed by atoms with Gasteiger partial charge in [0, 0.05) is 18.0 Å². The van der Waals surface area contributed by atoms with Crippen LogP contribution in [0.25, 0.3) is 10.2 Å². The van der Waals surface area contributed by atoms with Gasteiger partial charge in [0.1, 0.15) is 0 Å². The molecule has 4 aromatic rings. The molecular formula is C24H22ClN3O3S2. The lowest BCUT2D eigenvalue weighted by molar-refractivity contribution is 0.0985. The van der Waals surface area contributed by atoms with Crippen molar-refractivity contribution in [2.24, 2.45) is 0 Å². The molecule has 170 valence electrons. The van der Waals surface area contributed by atoms with E-state index in [1.807, 2.05) is 31.2 Å². The SMILES string of the molecule is Cc1ccc(Cl)c2sc(N(Cc3cccnc3)C(=O)c3ccc(S(=O)(=O)C(C)C)cc3)nc12. The molecule has 6 nitrogen and oxygen atoms in total. The Morgan fingerprint density at radius 1 is 1.12 bits per heavy atom. The van der Waals surface area contributed by atoms with Crippen molar-refractivity contribution < 1.29 is 13.2 Å². The lowest BCUT2D eigenvalue weighted by Crippen LogP contribution is -2.30. The van der Waals surface area contributed by atoms with E-state index in [2.05, 4.69) is 4.98 Å². The molecule has 0 aliphatic rings. The van der Waals surface area contributed by atoms with Gasteiger partial charge in [0.2, 0.25) is 0 Å². The van der Waals surface area contributed by atoms with Crippen LogP contribution in [0.5, 0.6) is 0 Å². The summed E-state index contributed by atoms with van der Waals surface area (Å²) >= 11 is 7.73. The van der Waals surface area contributed by atoms with Gasteiger partial charge in [0.25, 0.3) is 5.91 Å². The first kappa shape index (κ1) is 23.4. The largest absolute Gasteiger partial charge is 0.279 e. The van der Waals surface area contributed by atoms with Gasteiger partial charge in [0.05, 0.1) is 31.9 Å². The van der Waals surface area contributed by atoms with Gasteiger partial charge < -0.3 is 0 Å². The fraction of sp³-hybridized carbons (Fsp3) is 0.208. The molecule has 2 heterocycles. The highest BCUT2D eigenvalue weighted by atomic mass is 35.5. The fourth-order valence-corrected chi connectivity index (χ4v) is 5.70. The fourth-order valence-electron chi connectivity index (χ4n) is 3.32. The maximum Gasteiger partial charge on any atom is 0.260 e.